The molecule has 1 aromatic carbocycles. The molecule has 2 bridgehead atoms. The van der Waals surface area contributed by atoms with E-state index in [0.717, 1.165) is 10.5 Å². The number of carbonyl (C=O) groups excluding carboxylic acids is 2. The molecule has 3 saturated heterocycles. The van der Waals surface area contributed by atoms with Crippen molar-refractivity contribution in [2.45, 2.75) is 32.0 Å². The molecule has 3 fully saturated rings. The van der Waals surface area contributed by atoms with Gasteiger partial charge < -0.3 is 14.2 Å². The molecule has 116 valence electrons. The minimum absolute atomic E-state index is 0.438. The summed E-state index contributed by atoms with van der Waals surface area (Å²) < 4.78 is 16.0. The minimum atomic E-state index is -1.59. The summed E-state index contributed by atoms with van der Waals surface area (Å²) in [7, 11) is 0. The van der Waals surface area contributed by atoms with Gasteiger partial charge in [0.25, 0.3) is 0 Å². The molecule has 6 nitrogen and oxygen atoms in total. The molecule has 0 spiro atoms. The number of hydrogen-bond donors (Lipinski definition) is 0. The van der Waals surface area contributed by atoms with Crippen molar-refractivity contribution in [2.24, 2.45) is 0 Å². The van der Waals surface area contributed by atoms with Gasteiger partial charge in [-0.3, -0.25) is 4.79 Å². The van der Waals surface area contributed by atoms with Gasteiger partial charge in [-0.05, 0) is 19.4 Å². The first-order valence-electron chi connectivity index (χ1n) is 7.18. The molecular weight excluding hydrogens is 286 g/mol. The Labute approximate surface area is 128 Å². The number of ether oxygens (including phenoxy) is 3. The van der Waals surface area contributed by atoms with Gasteiger partial charge in [0.2, 0.25) is 0 Å². The lowest BCUT2D eigenvalue weighted by molar-refractivity contribution is -0.281. The second-order valence-electron chi connectivity index (χ2n) is 5.07. The highest BCUT2D eigenvalue weighted by atomic mass is 16.8. The van der Waals surface area contributed by atoms with Gasteiger partial charge in [0, 0.05) is 6.61 Å². The highest BCUT2D eigenvalue weighted by Gasteiger charge is 2.74. The largest absolute Gasteiger partial charge is 0.420 e. The fraction of sp³-hybridized carbons (Fsp3) is 0.375. The lowest BCUT2D eigenvalue weighted by Gasteiger charge is -2.40. The zero-order valence-corrected chi connectivity index (χ0v) is 12.4. The van der Waals surface area contributed by atoms with Crippen molar-refractivity contribution >= 4 is 18.1 Å². The average Bonchev–Trinajstić information content (AvgIpc) is 2.92. The number of nitrogens with zero attached hydrogens (tertiary/aromatic N) is 1. The lowest BCUT2D eigenvalue weighted by atomic mass is 9.95. The van der Waals surface area contributed by atoms with Crippen molar-refractivity contribution in [3.05, 3.63) is 42.0 Å². The predicted molar refractivity (Wildman–Crippen MR) is 77.5 cm³/mol. The first-order chi connectivity index (χ1) is 10.6. The van der Waals surface area contributed by atoms with Crippen LogP contribution in [0.5, 0.6) is 0 Å². The van der Waals surface area contributed by atoms with Crippen LogP contribution < -0.4 is 0 Å². The van der Waals surface area contributed by atoms with Crippen LogP contribution >= 0.6 is 0 Å². The summed E-state index contributed by atoms with van der Waals surface area (Å²) in [6, 6.07) is 9.01. The first-order valence-corrected chi connectivity index (χ1v) is 7.18. The quantitative estimate of drug-likeness (QED) is 0.595. The van der Waals surface area contributed by atoms with Gasteiger partial charge >= 0.3 is 17.8 Å². The molecule has 2 amide bonds. The first kappa shape index (κ1) is 14.7. The van der Waals surface area contributed by atoms with Crippen molar-refractivity contribution < 1.29 is 23.8 Å². The standard InChI is InChI=1S/C16H17NO5/c1-3-20-11(2)21-16-13(17(14(16)18)15(19)22-16)10-9-12-7-5-4-6-8-12/h4-11,13H,3H2,1-2H3. The summed E-state index contributed by atoms with van der Waals surface area (Å²) in [6.07, 6.45) is 2.24. The van der Waals surface area contributed by atoms with Crippen molar-refractivity contribution in [1.82, 2.24) is 4.90 Å². The summed E-state index contributed by atoms with van der Waals surface area (Å²) in [4.78, 5) is 24.9. The normalized spacial score (nSPS) is 27.9. The molecule has 0 aliphatic carbocycles. The van der Waals surface area contributed by atoms with E-state index in [1.807, 2.05) is 43.3 Å². The molecule has 0 N–H and O–H groups in total. The Bertz CT molecular complexity index is 614. The Morgan fingerprint density at radius 3 is 2.73 bits per heavy atom. The van der Waals surface area contributed by atoms with E-state index in [2.05, 4.69) is 0 Å². The van der Waals surface area contributed by atoms with Crippen molar-refractivity contribution in [3.8, 4) is 0 Å². The fourth-order valence-electron chi connectivity index (χ4n) is 2.64. The zero-order chi connectivity index (χ0) is 15.7. The molecule has 4 rings (SSSR count). The Hall–Kier alpha value is -2.18. The molecule has 3 aliphatic heterocycles. The zero-order valence-electron chi connectivity index (χ0n) is 12.4. The summed E-state index contributed by atoms with van der Waals surface area (Å²) in [5.74, 6) is -2.07. The lowest BCUT2D eigenvalue weighted by Crippen LogP contribution is -2.68. The van der Waals surface area contributed by atoms with Gasteiger partial charge in [-0.2, -0.15) is 0 Å². The third kappa shape index (κ3) is 2.20. The van der Waals surface area contributed by atoms with E-state index in [1.54, 1.807) is 13.0 Å². The fourth-order valence-corrected chi connectivity index (χ4v) is 2.64. The van der Waals surface area contributed by atoms with Gasteiger partial charge in [0.15, 0.2) is 6.29 Å². The summed E-state index contributed by atoms with van der Waals surface area (Å²) in [5.41, 5.74) is 0.961. The van der Waals surface area contributed by atoms with E-state index in [1.165, 1.54) is 0 Å². The number of rotatable bonds is 6. The molecule has 3 unspecified atom stereocenters. The highest BCUT2D eigenvalue weighted by Crippen LogP contribution is 2.45. The van der Waals surface area contributed by atoms with Crippen LogP contribution in [0.3, 0.4) is 0 Å². The maximum atomic E-state index is 12.1. The van der Waals surface area contributed by atoms with E-state index < -0.39 is 30.1 Å². The number of carbonyl (C=O) groups is 2. The Morgan fingerprint density at radius 2 is 2.09 bits per heavy atom. The SMILES string of the molecule is CCOC(C)OC12OC(=O)N(C1=O)C2C=Cc1ccccc1. The van der Waals surface area contributed by atoms with Crippen LogP contribution in [0, 0.1) is 0 Å². The molecule has 0 radical (unpaired) electrons. The van der Waals surface area contributed by atoms with E-state index in [9.17, 15) is 9.59 Å². The summed E-state index contributed by atoms with van der Waals surface area (Å²) >= 11 is 0. The monoisotopic (exact) mass is 303 g/mol. The molecule has 22 heavy (non-hydrogen) atoms. The molecule has 1 aromatic rings. The van der Waals surface area contributed by atoms with E-state index >= 15 is 0 Å². The second-order valence-corrected chi connectivity index (χ2v) is 5.07. The van der Waals surface area contributed by atoms with Crippen LogP contribution in [0.15, 0.2) is 36.4 Å². The molecule has 6 heteroatoms. The van der Waals surface area contributed by atoms with Crippen LogP contribution in [-0.4, -0.2) is 41.6 Å². The van der Waals surface area contributed by atoms with E-state index in [-0.39, 0.29) is 0 Å². The van der Waals surface area contributed by atoms with Gasteiger partial charge in [-0.25, -0.2) is 9.69 Å². The number of hydrogen-bond acceptors (Lipinski definition) is 5. The maximum absolute atomic E-state index is 12.1. The second kappa shape index (κ2) is 5.55. The Kier molecular flexibility index (Phi) is 3.72. The van der Waals surface area contributed by atoms with Crippen molar-refractivity contribution in [2.75, 3.05) is 6.61 Å². The number of fused-ring (bicyclic) bond motifs is 1. The smallest absolute Gasteiger partial charge is 0.404 e. The highest BCUT2D eigenvalue weighted by molar-refractivity contribution is 6.09. The number of β-lactam (4-membered cyclic amide) rings is 1. The van der Waals surface area contributed by atoms with Crippen molar-refractivity contribution in [3.63, 3.8) is 0 Å². The van der Waals surface area contributed by atoms with Gasteiger partial charge in [0.05, 0.1) is 0 Å². The average molecular weight is 303 g/mol. The molecule has 3 heterocycles. The predicted octanol–water partition coefficient (Wildman–Crippen LogP) is 2.16. The number of amides is 2. The van der Waals surface area contributed by atoms with Gasteiger partial charge in [-0.15, -0.1) is 0 Å². The van der Waals surface area contributed by atoms with Crippen LogP contribution in [0.25, 0.3) is 6.08 Å². The summed E-state index contributed by atoms with van der Waals surface area (Å²) in [5, 5.41) is 0. The van der Waals surface area contributed by atoms with E-state index in [4.69, 9.17) is 14.2 Å². The maximum Gasteiger partial charge on any atom is 0.420 e. The van der Waals surface area contributed by atoms with Crippen LogP contribution in [0.1, 0.15) is 19.4 Å². The third-order valence-corrected chi connectivity index (χ3v) is 3.63. The molecule has 3 aliphatic rings. The van der Waals surface area contributed by atoms with Gasteiger partial charge in [0.1, 0.15) is 6.04 Å². The van der Waals surface area contributed by atoms with Crippen LogP contribution in [0.2, 0.25) is 0 Å². The molecule has 3 atom stereocenters. The van der Waals surface area contributed by atoms with Crippen molar-refractivity contribution in [1.29, 1.82) is 0 Å². The minimum Gasteiger partial charge on any atom is -0.404 e. The summed E-state index contributed by atoms with van der Waals surface area (Å²) in [6.45, 7) is 3.92. The van der Waals surface area contributed by atoms with E-state index in [0.29, 0.717) is 6.61 Å². The van der Waals surface area contributed by atoms with Crippen LogP contribution in [0.4, 0.5) is 4.79 Å². The number of imide groups is 1. The Morgan fingerprint density at radius 1 is 1.36 bits per heavy atom. The number of benzene rings is 1. The van der Waals surface area contributed by atoms with Crippen LogP contribution in [-0.2, 0) is 19.0 Å². The molecule has 0 saturated carbocycles. The Balaban J connectivity index is 1.80. The topological polar surface area (TPSA) is 65.1 Å². The molecule has 0 aromatic heterocycles. The van der Waals surface area contributed by atoms with Gasteiger partial charge in [-0.1, -0.05) is 42.5 Å². The molecular formula is C16H17NO5. The third-order valence-electron chi connectivity index (χ3n) is 3.63.